The summed E-state index contributed by atoms with van der Waals surface area (Å²) in [5, 5.41) is 3.82. The van der Waals surface area contributed by atoms with Gasteiger partial charge < -0.3 is 0 Å². The minimum Gasteiger partial charge on any atom is -0.296 e. The Labute approximate surface area is 157 Å². The molecule has 0 saturated carbocycles. The van der Waals surface area contributed by atoms with Crippen LogP contribution in [0.2, 0.25) is 0 Å². The SMILES string of the molecule is O=S1(=O)c2ccc(-c3ccsc3)cc2[C@@H]2CN(Cc3ccccn3)C[C@H]21. The maximum Gasteiger partial charge on any atom is 0.183 e. The largest absolute Gasteiger partial charge is 0.296 e. The average molecular weight is 383 g/mol. The number of sulfone groups is 1. The predicted octanol–water partition coefficient (Wildman–Crippen LogP) is 3.57. The number of rotatable bonds is 3. The normalized spacial score (nSPS) is 23.7. The van der Waals surface area contributed by atoms with Gasteiger partial charge in [0.25, 0.3) is 0 Å². The maximum atomic E-state index is 13.0. The first kappa shape index (κ1) is 16.2. The van der Waals surface area contributed by atoms with Crippen LogP contribution in [0.25, 0.3) is 11.1 Å². The third-order valence-electron chi connectivity index (χ3n) is 5.42. The lowest BCUT2D eigenvalue weighted by atomic mass is 9.95. The number of nitrogens with zero attached hydrogens (tertiary/aromatic N) is 2. The zero-order valence-corrected chi connectivity index (χ0v) is 15.7. The third kappa shape index (κ3) is 2.52. The van der Waals surface area contributed by atoms with Crippen molar-refractivity contribution in [2.75, 3.05) is 13.1 Å². The van der Waals surface area contributed by atoms with Crippen molar-refractivity contribution < 1.29 is 8.42 Å². The molecule has 0 bridgehead atoms. The van der Waals surface area contributed by atoms with E-state index in [1.807, 2.05) is 29.6 Å². The number of pyridine rings is 1. The van der Waals surface area contributed by atoms with Gasteiger partial charge in [0.1, 0.15) is 0 Å². The summed E-state index contributed by atoms with van der Waals surface area (Å²) in [5.41, 5.74) is 4.23. The highest BCUT2D eigenvalue weighted by Crippen LogP contribution is 2.46. The van der Waals surface area contributed by atoms with E-state index < -0.39 is 9.84 Å². The first-order chi connectivity index (χ1) is 12.6. The van der Waals surface area contributed by atoms with Gasteiger partial charge in [0.15, 0.2) is 9.84 Å². The van der Waals surface area contributed by atoms with Crippen LogP contribution in [-0.4, -0.2) is 36.6 Å². The molecule has 5 rings (SSSR count). The molecule has 0 spiro atoms. The maximum absolute atomic E-state index is 13.0. The van der Waals surface area contributed by atoms with Gasteiger partial charge in [0.2, 0.25) is 0 Å². The Morgan fingerprint density at radius 3 is 2.81 bits per heavy atom. The molecule has 0 N–H and O–H groups in total. The number of benzene rings is 1. The van der Waals surface area contributed by atoms with E-state index in [2.05, 4.69) is 27.4 Å². The van der Waals surface area contributed by atoms with Crippen molar-refractivity contribution in [1.29, 1.82) is 0 Å². The molecule has 2 aliphatic heterocycles. The van der Waals surface area contributed by atoms with Crippen LogP contribution < -0.4 is 0 Å². The van der Waals surface area contributed by atoms with Crippen LogP contribution in [0.4, 0.5) is 0 Å². The monoisotopic (exact) mass is 382 g/mol. The van der Waals surface area contributed by atoms with Gasteiger partial charge in [-0.1, -0.05) is 12.1 Å². The number of fused-ring (bicyclic) bond motifs is 3. The molecule has 0 unspecified atom stereocenters. The average Bonchev–Trinajstić information content (AvgIpc) is 3.35. The summed E-state index contributed by atoms with van der Waals surface area (Å²) < 4.78 is 26.0. The summed E-state index contributed by atoms with van der Waals surface area (Å²) in [5.74, 6) is 0.0531. The van der Waals surface area contributed by atoms with Gasteiger partial charge in [-0.25, -0.2) is 8.42 Å². The molecule has 1 fully saturated rings. The van der Waals surface area contributed by atoms with E-state index >= 15 is 0 Å². The second kappa shape index (κ2) is 6.01. The topological polar surface area (TPSA) is 50.3 Å². The molecule has 0 aliphatic carbocycles. The first-order valence-corrected chi connectivity index (χ1v) is 11.1. The Morgan fingerprint density at radius 1 is 1.12 bits per heavy atom. The summed E-state index contributed by atoms with van der Waals surface area (Å²) in [7, 11) is -3.25. The van der Waals surface area contributed by atoms with Crippen LogP contribution in [0.15, 0.2) is 64.3 Å². The van der Waals surface area contributed by atoms with Gasteiger partial charge in [0.05, 0.1) is 15.8 Å². The van der Waals surface area contributed by atoms with Crippen molar-refractivity contribution >= 4 is 21.2 Å². The number of aromatic nitrogens is 1. The van der Waals surface area contributed by atoms with E-state index in [4.69, 9.17) is 0 Å². The highest BCUT2D eigenvalue weighted by atomic mass is 32.2. The number of likely N-dealkylation sites (tertiary alicyclic amines) is 1. The van der Waals surface area contributed by atoms with Crippen LogP contribution >= 0.6 is 11.3 Å². The third-order valence-corrected chi connectivity index (χ3v) is 8.37. The second-order valence-corrected chi connectivity index (χ2v) is 9.89. The number of hydrogen-bond acceptors (Lipinski definition) is 5. The Hall–Kier alpha value is -2.02. The van der Waals surface area contributed by atoms with E-state index in [0.29, 0.717) is 18.0 Å². The Bertz CT molecular complexity index is 1050. The highest BCUT2D eigenvalue weighted by Gasteiger charge is 2.50. The lowest BCUT2D eigenvalue weighted by molar-refractivity contribution is 0.321. The molecule has 2 aromatic heterocycles. The molecule has 2 atom stereocenters. The van der Waals surface area contributed by atoms with Crippen LogP contribution in [0.1, 0.15) is 17.2 Å². The number of hydrogen-bond donors (Lipinski definition) is 0. The Kier molecular flexibility index (Phi) is 3.74. The summed E-state index contributed by atoms with van der Waals surface area (Å²) in [6, 6.07) is 13.8. The summed E-state index contributed by atoms with van der Waals surface area (Å²) in [4.78, 5) is 7.12. The lowest BCUT2D eigenvalue weighted by Gasteiger charge is -2.17. The van der Waals surface area contributed by atoms with Crippen molar-refractivity contribution in [2.24, 2.45) is 0 Å². The molecule has 1 saturated heterocycles. The molecule has 6 heteroatoms. The molecule has 3 aromatic rings. The first-order valence-electron chi connectivity index (χ1n) is 8.65. The smallest absolute Gasteiger partial charge is 0.183 e. The fraction of sp³-hybridized carbons (Fsp3) is 0.250. The number of thiophene rings is 1. The van der Waals surface area contributed by atoms with Gasteiger partial charge in [-0.3, -0.25) is 9.88 Å². The van der Waals surface area contributed by atoms with E-state index in [1.54, 1.807) is 23.6 Å². The molecule has 2 aliphatic rings. The van der Waals surface area contributed by atoms with Gasteiger partial charge in [0, 0.05) is 31.7 Å². The predicted molar refractivity (Wildman–Crippen MR) is 103 cm³/mol. The van der Waals surface area contributed by atoms with Crippen molar-refractivity contribution in [3.63, 3.8) is 0 Å². The van der Waals surface area contributed by atoms with Crippen molar-refractivity contribution in [3.05, 3.63) is 70.7 Å². The Balaban J connectivity index is 1.49. The van der Waals surface area contributed by atoms with Gasteiger partial charge in [-0.05, 0) is 57.8 Å². The lowest BCUT2D eigenvalue weighted by Crippen LogP contribution is -2.26. The molecule has 0 amide bonds. The molecule has 4 nitrogen and oxygen atoms in total. The molecule has 4 heterocycles. The van der Waals surface area contributed by atoms with Crippen LogP contribution in [0.3, 0.4) is 0 Å². The molecule has 26 heavy (non-hydrogen) atoms. The zero-order chi connectivity index (χ0) is 17.7. The zero-order valence-electron chi connectivity index (χ0n) is 14.1. The Morgan fingerprint density at radius 2 is 2.04 bits per heavy atom. The molecular weight excluding hydrogens is 364 g/mol. The molecule has 132 valence electrons. The fourth-order valence-corrected chi connectivity index (χ4v) is 7.04. The standard InChI is InChI=1S/C20H18N2O2S2/c23-26(24)19-5-4-14(15-6-8-25-13-15)9-17(19)18-11-22(12-20(18)26)10-16-3-1-2-7-21-16/h1-9,13,18,20H,10-12H2/t18-,20+/m0/s1. The van der Waals surface area contributed by atoms with Gasteiger partial charge >= 0.3 is 0 Å². The van der Waals surface area contributed by atoms with E-state index in [1.165, 1.54) is 0 Å². The molecule has 1 aromatic carbocycles. The van der Waals surface area contributed by atoms with E-state index in [9.17, 15) is 8.42 Å². The van der Waals surface area contributed by atoms with Crippen LogP contribution in [0.5, 0.6) is 0 Å². The fourth-order valence-electron chi connectivity index (χ4n) is 4.18. The summed E-state index contributed by atoms with van der Waals surface area (Å²) in [6.45, 7) is 2.04. The summed E-state index contributed by atoms with van der Waals surface area (Å²) >= 11 is 1.66. The van der Waals surface area contributed by atoms with Crippen molar-refractivity contribution in [1.82, 2.24) is 9.88 Å². The second-order valence-electron chi connectivity index (χ2n) is 6.97. The van der Waals surface area contributed by atoms with E-state index in [-0.39, 0.29) is 11.2 Å². The van der Waals surface area contributed by atoms with Crippen LogP contribution in [0, 0.1) is 0 Å². The highest BCUT2D eigenvalue weighted by molar-refractivity contribution is 7.92. The van der Waals surface area contributed by atoms with Crippen LogP contribution in [-0.2, 0) is 16.4 Å². The molecule has 0 radical (unpaired) electrons. The molecular formula is C20H18N2O2S2. The minimum absolute atomic E-state index is 0.0531. The van der Waals surface area contributed by atoms with E-state index in [0.717, 1.165) is 28.9 Å². The quantitative estimate of drug-likeness (QED) is 0.695. The van der Waals surface area contributed by atoms with Gasteiger partial charge in [-0.15, -0.1) is 0 Å². The summed E-state index contributed by atoms with van der Waals surface area (Å²) in [6.07, 6.45) is 1.78. The van der Waals surface area contributed by atoms with Crippen molar-refractivity contribution in [3.8, 4) is 11.1 Å². The minimum atomic E-state index is -3.25. The van der Waals surface area contributed by atoms with Gasteiger partial charge in [-0.2, -0.15) is 11.3 Å². The van der Waals surface area contributed by atoms with Crippen molar-refractivity contribution in [2.45, 2.75) is 22.6 Å².